The Morgan fingerprint density at radius 3 is 2.50 bits per heavy atom. The van der Waals surface area contributed by atoms with Crippen molar-refractivity contribution in [3.63, 3.8) is 0 Å². The maximum atomic E-state index is 12.4. The van der Waals surface area contributed by atoms with E-state index in [-0.39, 0.29) is 0 Å². The zero-order valence-electron chi connectivity index (χ0n) is 14.5. The van der Waals surface area contributed by atoms with Crippen LogP contribution < -0.4 is 10.4 Å². The van der Waals surface area contributed by atoms with E-state index in [0.29, 0.717) is 21.9 Å². The Kier molecular flexibility index (Phi) is 5.00. The van der Waals surface area contributed by atoms with Gasteiger partial charge in [-0.15, -0.1) is 0 Å². The summed E-state index contributed by atoms with van der Waals surface area (Å²) in [5.41, 5.74) is 1.97. The molecule has 0 bridgehead atoms. The summed E-state index contributed by atoms with van der Waals surface area (Å²) < 4.78 is 15.7. The molecule has 26 heavy (non-hydrogen) atoms. The molecule has 0 N–H and O–H groups in total. The minimum atomic E-state index is -0.746. The fourth-order valence-electron chi connectivity index (χ4n) is 2.77. The lowest BCUT2D eigenvalue weighted by molar-refractivity contribution is -0.147. The van der Waals surface area contributed by atoms with E-state index in [4.69, 9.17) is 20.8 Å². The summed E-state index contributed by atoms with van der Waals surface area (Å²) in [7, 11) is 1.31. The molecule has 3 aromatic rings. The zero-order chi connectivity index (χ0) is 18.8. The molecule has 0 fully saturated rings. The van der Waals surface area contributed by atoms with Crippen LogP contribution in [0.2, 0.25) is 5.02 Å². The van der Waals surface area contributed by atoms with Gasteiger partial charge < -0.3 is 13.9 Å². The van der Waals surface area contributed by atoms with Crippen LogP contribution in [0.3, 0.4) is 0 Å². The van der Waals surface area contributed by atoms with Crippen LogP contribution in [0.4, 0.5) is 0 Å². The average Bonchev–Trinajstić information content (AvgIpc) is 2.63. The molecule has 134 valence electrons. The van der Waals surface area contributed by atoms with Crippen LogP contribution in [0.15, 0.2) is 51.7 Å². The van der Waals surface area contributed by atoms with Gasteiger partial charge in [0.15, 0.2) is 6.10 Å². The largest absolute Gasteiger partial charge is 0.479 e. The number of hydrogen-bond donors (Lipinski definition) is 0. The lowest BCUT2D eigenvalue weighted by Crippen LogP contribution is -2.24. The van der Waals surface area contributed by atoms with Gasteiger partial charge in [-0.3, -0.25) is 0 Å². The van der Waals surface area contributed by atoms with E-state index in [1.807, 2.05) is 6.92 Å². The predicted octanol–water partition coefficient (Wildman–Crippen LogP) is 4.36. The standard InChI is InChI=1S/C20H17ClO5/c1-11-16-10-15(25-12(2)19(22)24-3)8-9-17(16)26-20(23)18(11)13-4-6-14(21)7-5-13/h4-10,12H,1-3H3. The van der Waals surface area contributed by atoms with E-state index in [0.717, 1.165) is 16.5 Å². The van der Waals surface area contributed by atoms with Crippen LogP contribution in [0.1, 0.15) is 12.5 Å². The van der Waals surface area contributed by atoms with Crippen molar-refractivity contribution in [3.8, 4) is 16.9 Å². The number of fused-ring (bicyclic) bond motifs is 1. The summed E-state index contributed by atoms with van der Waals surface area (Å²) in [6.45, 7) is 3.45. The van der Waals surface area contributed by atoms with Gasteiger partial charge >= 0.3 is 11.6 Å². The van der Waals surface area contributed by atoms with Gasteiger partial charge in [-0.1, -0.05) is 23.7 Å². The number of aryl methyl sites for hydroxylation is 1. The van der Waals surface area contributed by atoms with Gasteiger partial charge in [0.1, 0.15) is 11.3 Å². The summed E-state index contributed by atoms with van der Waals surface area (Å²) >= 11 is 5.92. The molecule has 0 saturated carbocycles. The minimum absolute atomic E-state index is 0.422. The Hall–Kier alpha value is -2.79. The summed E-state index contributed by atoms with van der Waals surface area (Å²) in [5.74, 6) is 0.0117. The third-order valence-electron chi connectivity index (χ3n) is 4.12. The molecule has 0 amide bonds. The normalized spacial score (nSPS) is 12.0. The fourth-order valence-corrected chi connectivity index (χ4v) is 2.90. The molecule has 6 heteroatoms. The number of esters is 1. The summed E-state index contributed by atoms with van der Waals surface area (Å²) in [4.78, 5) is 24.0. The summed E-state index contributed by atoms with van der Waals surface area (Å²) in [6.07, 6.45) is -0.746. The first-order valence-electron chi connectivity index (χ1n) is 7.98. The molecule has 5 nitrogen and oxygen atoms in total. The van der Waals surface area contributed by atoms with Crippen molar-refractivity contribution < 1.29 is 18.7 Å². The van der Waals surface area contributed by atoms with E-state index in [2.05, 4.69) is 4.74 Å². The molecule has 0 saturated heterocycles. The van der Waals surface area contributed by atoms with Crippen LogP contribution in [0.25, 0.3) is 22.1 Å². The monoisotopic (exact) mass is 372 g/mol. The van der Waals surface area contributed by atoms with Gasteiger partial charge in [0, 0.05) is 10.4 Å². The van der Waals surface area contributed by atoms with Gasteiger partial charge in [-0.05, 0) is 55.3 Å². The minimum Gasteiger partial charge on any atom is -0.479 e. The van der Waals surface area contributed by atoms with Crippen molar-refractivity contribution in [2.75, 3.05) is 7.11 Å². The molecule has 0 spiro atoms. The maximum absolute atomic E-state index is 12.4. The lowest BCUT2D eigenvalue weighted by atomic mass is 9.99. The molecule has 0 aliphatic carbocycles. The number of ether oxygens (including phenoxy) is 2. The third kappa shape index (κ3) is 3.44. The Bertz CT molecular complexity index is 1020. The van der Waals surface area contributed by atoms with Crippen LogP contribution in [-0.2, 0) is 9.53 Å². The van der Waals surface area contributed by atoms with Crippen molar-refractivity contribution in [1.82, 2.24) is 0 Å². The molecule has 1 unspecified atom stereocenters. The SMILES string of the molecule is COC(=O)C(C)Oc1ccc2oc(=O)c(-c3ccc(Cl)cc3)c(C)c2c1. The summed E-state index contributed by atoms with van der Waals surface area (Å²) in [6, 6.07) is 12.0. The highest BCUT2D eigenvalue weighted by Gasteiger charge is 2.17. The van der Waals surface area contributed by atoms with Gasteiger partial charge in [-0.25, -0.2) is 9.59 Å². The highest BCUT2D eigenvalue weighted by atomic mass is 35.5. The quantitative estimate of drug-likeness (QED) is 0.502. The number of carbonyl (C=O) groups excluding carboxylic acids is 1. The predicted molar refractivity (Wildman–Crippen MR) is 99.8 cm³/mol. The van der Waals surface area contributed by atoms with Gasteiger partial charge in [0.05, 0.1) is 12.7 Å². The Morgan fingerprint density at radius 2 is 1.85 bits per heavy atom. The van der Waals surface area contributed by atoms with Crippen molar-refractivity contribution in [1.29, 1.82) is 0 Å². The Balaban J connectivity index is 2.10. The van der Waals surface area contributed by atoms with Crippen molar-refractivity contribution in [2.45, 2.75) is 20.0 Å². The van der Waals surface area contributed by atoms with Gasteiger partial charge in [0.2, 0.25) is 0 Å². The van der Waals surface area contributed by atoms with E-state index >= 15 is 0 Å². The molecule has 3 rings (SSSR count). The van der Waals surface area contributed by atoms with Crippen molar-refractivity contribution >= 4 is 28.5 Å². The molecular weight excluding hydrogens is 356 g/mol. The second kappa shape index (κ2) is 7.22. The second-order valence-electron chi connectivity index (χ2n) is 5.84. The zero-order valence-corrected chi connectivity index (χ0v) is 15.3. The van der Waals surface area contributed by atoms with Crippen LogP contribution in [0, 0.1) is 6.92 Å². The Morgan fingerprint density at radius 1 is 1.15 bits per heavy atom. The molecule has 0 aliphatic heterocycles. The van der Waals surface area contributed by atoms with Crippen molar-refractivity contribution in [2.24, 2.45) is 0 Å². The maximum Gasteiger partial charge on any atom is 0.346 e. The first-order valence-corrected chi connectivity index (χ1v) is 8.36. The first kappa shape index (κ1) is 18.0. The average molecular weight is 373 g/mol. The topological polar surface area (TPSA) is 65.7 Å². The number of carbonyl (C=O) groups is 1. The molecule has 1 heterocycles. The van der Waals surface area contributed by atoms with E-state index < -0.39 is 17.7 Å². The van der Waals surface area contributed by atoms with Crippen molar-refractivity contribution in [3.05, 3.63) is 63.5 Å². The highest BCUT2D eigenvalue weighted by molar-refractivity contribution is 6.30. The molecule has 1 atom stereocenters. The highest BCUT2D eigenvalue weighted by Crippen LogP contribution is 2.30. The number of rotatable bonds is 4. The van der Waals surface area contributed by atoms with E-state index in [1.54, 1.807) is 49.4 Å². The molecular formula is C20H17ClO5. The second-order valence-corrected chi connectivity index (χ2v) is 6.27. The number of hydrogen-bond acceptors (Lipinski definition) is 5. The van der Waals surface area contributed by atoms with Gasteiger partial charge in [-0.2, -0.15) is 0 Å². The van der Waals surface area contributed by atoms with Crippen LogP contribution >= 0.6 is 11.6 Å². The fraction of sp³-hybridized carbons (Fsp3) is 0.200. The van der Waals surface area contributed by atoms with Gasteiger partial charge in [0.25, 0.3) is 0 Å². The molecule has 0 aliphatic rings. The van der Waals surface area contributed by atoms with E-state index in [9.17, 15) is 9.59 Å². The van der Waals surface area contributed by atoms with E-state index in [1.165, 1.54) is 7.11 Å². The summed E-state index contributed by atoms with van der Waals surface area (Å²) in [5, 5.41) is 1.31. The lowest BCUT2D eigenvalue weighted by Gasteiger charge is -2.14. The van der Waals surface area contributed by atoms with Crippen LogP contribution in [-0.4, -0.2) is 19.2 Å². The smallest absolute Gasteiger partial charge is 0.346 e. The number of halogens is 1. The molecule has 2 aromatic carbocycles. The molecule has 0 radical (unpaired) electrons. The van der Waals surface area contributed by atoms with Crippen LogP contribution in [0.5, 0.6) is 5.75 Å². The number of benzene rings is 2. The Labute approximate surface area is 155 Å². The third-order valence-corrected chi connectivity index (χ3v) is 4.37. The first-order chi connectivity index (χ1) is 12.4. The number of methoxy groups -OCH3 is 1. The molecule has 1 aromatic heterocycles.